The van der Waals surface area contributed by atoms with Gasteiger partial charge in [-0.15, -0.1) is 0 Å². The van der Waals surface area contributed by atoms with E-state index >= 15 is 0 Å². The SMILES string of the molecule is c1ccc(-c2cccc(N(c3ccc(-c4ccc5oc6ccc7oc(-c8ccccc8)nc7c6c5c4)cc3)c3ccc(-c4cccc5c4oc4ccccc45)cc3)c2)cc1. The molecule has 5 nitrogen and oxygen atoms in total. The van der Waals surface area contributed by atoms with E-state index in [0.29, 0.717) is 5.89 Å². The molecule has 0 saturated carbocycles. The van der Waals surface area contributed by atoms with Crippen LogP contribution in [0.2, 0.25) is 0 Å². The Kier molecular flexibility index (Phi) is 7.78. The van der Waals surface area contributed by atoms with Crippen LogP contribution in [0, 0.1) is 0 Å². The molecule has 0 amide bonds. The molecule has 0 fully saturated rings. The van der Waals surface area contributed by atoms with E-state index in [2.05, 4.69) is 157 Å². The maximum absolute atomic E-state index is 6.41. The van der Waals surface area contributed by atoms with Gasteiger partial charge in [-0.25, -0.2) is 4.98 Å². The largest absolute Gasteiger partial charge is 0.456 e. The average Bonchev–Trinajstić information content (AvgIpc) is 4.04. The number of aromatic nitrogens is 1. The third-order valence-corrected chi connectivity index (χ3v) is 11.5. The third kappa shape index (κ3) is 5.67. The van der Waals surface area contributed by atoms with Gasteiger partial charge >= 0.3 is 0 Å². The van der Waals surface area contributed by atoms with Crippen LogP contribution in [0.1, 0.15) is 0 Å². The maximum atomic E-state index is 6.41. The van der Waals surface area contributed by atoms with Crippen molar-refractivity contribution in [3.8, 4) is 44.8 Å². The van der Waals surface area contributed by atoms with Crippen molar-refractivity contribution >= 4 is 72.0 Å². The number of benzene rings is 9. The Morgan fingerprint density at radius 2 is 0.917 bits per heavy atom. The molecule has 0 unspecified atom stereocenters. The predicted molar refractivity (Wildman–Crippen MR) is 245 cm³/mol. The molecule has 60 heavy (non-hydrogen) atoms. The Labute approximate surface area is 345 Å². The van der Waals surface area contributed by atoms with Crippen LogP contribution in [-0.2, 0) is 0 Å². The van der Waals surface area contributed by atoms with Crippen LogP contribution in [0.4, 0.5) is 17.1 Å². The topological polar surface area (TPSA) is 55.6 Å². The molecule has 12 aromatic rings. The summed E-state index contributed by atoms with van der Waals surface area (Å²) in [5, 5.41) is 4.20. The Morgan fingerprint density at radius 3 is 1.72 bits per heavy atom. The molecule has 9 aromatic carbocycles. The lowest BCUT2D eigenvalue weighted by Gasteiger charge is -2.26. The summed E-state index contributed by atoms with van der Waals surface area (Å²) in [5.41, 5.74) is 15.7. The molecule has 3 aromatic heterocycles. The Balaban J connectivity index is 0.939. The minimum absolute atomic E-state index is 0.594. The van der Waals surface area contributed by atoms with Gasteiger partial charge in [0.2, 0.25) is 5.89 Å². The van der Waals surface area contributed by atoms with Gasteiger partial charge in [-0.2, -0.15) is 0 Å². The van der Waals surface area contributed by atoms with Gasteiger partial charge < -0.3 is 18.2 Å². The zero-order valence-corrected chi connectivity index (χ0v) is 32.2. The van der Waals surface area contributed by atoms with Crippen molar-refractivity contribution in [1.29, 1.82) is 0 Å². The van der Waals surface area contributed by atoms with Crippen LogP contribution in [-0.4, -0.2) is 4.98 Å². The van der Waals surface area contributed by atoms with Crippen LogP contribution in [0.3, 0.4) is 0 Å². The summed E-state index contributed by atoms with van der Waals surface area (Å²) in [6.07, 6.45) is 0. The molecule has 0 spiro atoms. The molecule has 0 aliphatic rings. The van der Waals surface area contributed by atoms with E-state index in [0.717, 1.165) is 105 Å². The molecule has 282 valence electrons. The average molecular weight is 771 g/mol. The summed E-state index contributed by atoms with van der Waals surface area (Å²) in [7, 11) is 0. The van der Waals surface area contributed by atoms with Crippen molar-refractivity contribution in [2.75, 3.05) is 4.90 Å². The maximum Gasteiger partial charge on any atom is 0.227 e. The van der Waals surface area contributed by atoms with Gasteiger partial charge in [0.15, 0.2) is 5.58 Å². The number of nitrogens with zero attached hydrogens (tertiary/aromatic N) is 2. The Hall–Kier alpha value is -8.15. The van der Waals surface area contributed by atoms with Crippen molar-refractivity contribution in [1.82, 2.24) is 4.98 Å². The zero-order valence-electron chi connectivity index (χ0n) is 32.2. The Morgan fingerprint density at radius 1 is 0.333 bits per heavy atom. The highest BCUT2D eigenvalue weighted by Gasteiger charge is 2.19. The van der Waals surface area contributed by atoms with E-state index in [-0.39, 0.29) is 0 Å². The van der Waals surface area contributed by atoms with Gasteiger partial charge in [-0.3, -0.25) is 0 Å². The first-order chi connectivity index (χ1) is 29.7. The summed E-state index contributed by atoms with van der Waals surface area (Å²) >= 11 is 0. The molecule has 5 heteroatoms. The highest BCUT2D eigenvalue weighted by atomic mass is 16.4. The normalized spacial score (nSPS) is 11.7. The number of para-hydroxylation sites is 2. The highest BCUT2D eigenvalue weighted by molar-refractivity contribution is 6.17. The van der Waals surface area contributed by atoms with Crippen LogP contribution < -0.4 is 4.90 Å². The number of oxazole rings is 1. The van der Waals surface area contributed by atoms with Gasteiger partial charge in [-0.1, -0.05) is 127 Å². The fourth-order valence-corrected chi connectivity index (χ4v) is 8.61. The smallest absolute Gasteiger partial charge is 0.227 e. The molecule has 0 atom stereocenters. The summed E-state index contributed by atoms with van der Waals surface area (Å²) < 4.78 is 19.0. The van der Waals surface area contributed by atoms with E-state index in [1.807, 2.05) is 54.6 Å². The summed E-state index contributed by atoms with van der Waals surface area (Å²) in [6.45, 7) is 0. The second kappa shape index (κ2) is 13.8. The summed E-state index contributed by atoms with van der Waals surface area (Å²) in [6, 6.07) is 71.8. The van der Waals surface area contributed by atoms with Crippen molar-refractivity contribution in [3.63, 3.8) is 0 Å². The molecule has 0 bridgehead atoms. The lowest BCUT2D eigenvalue weighted by atomic mass is 10.0. The van der Waals surface area contributed by atoms with Crippen molar-refractivity contribution in [2.24, 2.45) is 0 Å². The number of furan rings is 2. The van der Waals surface area contributed by atoms with Gasteiger partial charge in [-0.05, 0) is 107 Å². The van der Waals surface area contributed by atoms with Crippen molar-refractivity contribution in [2.45, 2.75) is 0 Å². The fourth-order valence-electron chi connectivity index (χ4n) is 8.61. The van der Waals surface area contributed by atoms with Gasteiger partial charge in [0.25, 0.3) is 0 Å². The lowest BCUT2D eigenvalue weighted by molar-refractivity contribution is 0.619. The minimum atomic E-state index is 0.594. The predicted octanol–water partition coefficient (Wildman–Crippen LogP) is 15.8. The molecule has 0 radical (unpaired) electrons. The molecule has 0 aliphatic heterocycles. The van der Waals surface area contributed by atoms with E-state index in [1.54, 1.807) is 0 Å². The van der Waals surface area contributed by atoms with Crippen LogP contribution in [0.25, 0.3) is 99.8 Å². The molecular weight excluding hydrogens is 737 g/mol. The molecule has 0 saturated heterocycles. The van der Waals surface area contributed by atoms with Crippen molar-refractivity contribution < 1.29 is 13.3 Å². The lowest BCUT2D eigenvalue weighted by Crippen LogP contribution is -2.10. The number of fused-ring (bicyclic) bond motifs is 8. The second-order valence-electron chi connectivity index (χ2n) is 15.1. The number of anilines is 3. The summed E-state index contributed by atoms with van der Waals surface area (Å²) in [5.74, 6) is 0.594. The molecule has 12 rings (SSSR count). The standard InChI is InChI=1S/C55H34N2O3/c1-3-11-35(12-4-1)39-15-9-16-43(33-39)57(42-28-23-37(24-29-42)44-18-10-19-46-45-17-7-8-20-48(45)59-54(44)46)41-26-21-36(22-27-41)40-25-30-49-47(34-40)52-50(58-49)31-32-51-53(52)56-55(60-51)38-13-5-2-6-14-38/h1-34H. The van der Waals surface area contributed by atoms with Gasteiger partial charge in [0.05, 0.1) is 5.39 Å². The molecule has 3 heterocycles. The fraction of sp³-hybridized carbons (Fsp3) is 0. The van der Waals surface area contributed by atoms with E-state index in [4.69, 9.17) is 18.2 Å². The van der Waals surface area contributed by atoms with E-state index in [1.165, 1.54) is 5.56 Å². The zero-order chi connectivity index (χ0) is 39.6. The van der Waals surface area contributed by atoms with E-state index in [9.17, 15) is 0 Å². The minimum Gasteiger partial charge on any atom is -0.456 e. The Bertz CT molecular complexity index is 3530. The number of hydrogen-bond donors (Lipinski definition) is 0. The second-order valence-corrected chi connectivity index (χ2v) is 15.1. The third-order valence-electron chi connectivity index (χ3n) is 11.5. The molecule has 0 N–H and O–H groups in total. The first-order valence-corrected chi connectivity index (χ1v) is 20.1. The number of hydrogen-bond acceptors (Lipinski definition) is 5. The first-order valence-electron chi connectivity index (χ1n) is 20.1. The van der Waals surface area contributed by atoms with Gasteiger partial charge in [0.1, 0.15) is 27.8 Å². The summed E-state index contributed by atoms with van der Waals surface area (Å²) in [4.78, 5) is 7.28. The van der Waals surface area contributed by atoms with Crippen LogP contribution >= 0.6 is 0 Å². The van der Waals surface area contributed by atoms with Crippen molar-refractivity contribution in [3.05, 3.63) is 206 Å². The van der Waals surface area contributed by atoms with E-state index < -0.39 is 0 Å². The molecule has 0 aliphatic carbocycles. The highest BCUT2D eigenvalue weighted by Crippen LogP contribution is 2.42. The van der Waals surface area contributed by atoms with Crippen LogP contribution in [0.5, 0.6) is 0 Å². The monoisotopic (exact) mass is 770 g/mol. The molecular formula is C55H34N2O3. The van der Waals surface area contributed by atoms with Crippen LogP contribution in [0.15, 0.2) is 220 Å². The first kappa shape index (κ1) is 33.9. The van der Waals surface area contributed by atoms with Gasteiger partial charge in [0, 0.05) is 44.3 Å². The number of rotatable bonds is 7. The quantitative estimate of drug-likeness (QED) is 0.162.